The van der Waals surface area contributed by atoms with Crippen LogP contribution in [0.1, 0.15) is 17.3 Å². The Kier molecular flexibility index (Phi) is 6.73. The molecule has 0 aliphatic rings. The van der Waals surface area contributed by atoms with E-state index in [1.54, 1.807) is 24.3 Å². The van der Waals surface area contributed by atoms with Crippen LogP contribution >= 0.6 is 11.8 Å². The van der Waals surface area contributed by atoms with E-state index in [2.05, 4.69) is 5.32 Å². The molecule has 0 fully saturated rings. The van der Waals surface area contributed by atoms with Crippen LogP contribution in [0.25, 0.3) is 0 Å². The monoisotopic (exact) mass is 399 g/mol. The van der Waals surface area contributed by atoms with E-state index in [-0.39, 0.29) is 22.2 Å². The number of thioether (sulfide) groups is 1. The number of carbonyl (C=O) groups is 2. The molecule has 0 saturated heterocycles. The van der Waals surface area contributed by atoms with Crippen LogP contribution in [0.5, 0.6) is 5.75 Å². The molecule has 144 valence electrons. The number of nitrogens with one attached hydrogen (secondary N) is 1. The summed E-state index contributed by atoms with van der Waals surface area (Å²) in [7, 11) is 1.49. The number of carbonyl (C=O) groups excluding carboxylic acids is 2. The van der Waals surface area contributed by atoms with Gasteiger partial charge in [-0.05, 0) is 55.1 Å². The second kappa shape index (κ2) is 8.81. The molecule has 0 unspecified atom stereocenters. The Morgan fingerprint density at radius 1 is 1.11 bits per heavy atom. The maximum atomic E-state index is 12.3. The van der Waals surface area contributed by atoms with Gasteiger partial charge in [-0.1, -0.05) is 6.07 Å². The molecule has 5 nitrogen and oxygen atoms in total. The molecule has 0 saturated carbocycles. The largest absolute Gasteiger partial charge is 0.497 e. The van der Waals surface area contributed by atoms with Gasteiger partial charge in [-0.25, -0.2) is 4.79 Å². The van der Waals surface area contributed by atoms with Gasteiger partial charge in [0.15, 0.2) is 6.10 Å². The Hall–Kier alpha value is -2.68. The fourth-order valence-electron chi connectivity index (χ4n) is 2.02. The first-order chi connectivity index (χ1) is 12.7. The van der Waals surface area contributed by atoms with Crippen LogP contribution in [-0.2, 0) is 9.53 Å². The van der Waals surface area contributed by atoms with Crippen LogP contribution in [0.4, 0.5) is 18.9 Å². The number of esters is 1. The van der Waals surface area contributed by atoms with Crippen LogP contribution in [0.15, 0.2) is 53.4 Å². The molecule has 0 aromatic heterocycles. The zero-order valence-corrected chi connectivity index (χ0v) is 15.2. The van der Waals surface area contributed by atoms with Crippen LogP contribution in [0.3, 0.4) is 0 Å². The fraction of sp³-hybridized carbons (Fsp3) is 0.222. The van der Waals surface area contributed by atoms with Gasteiger partial charge >= 0.3 is 11.5 Å². The maximum absolute atomic E-state index is 12.3. The van der Waals surface area contributed by atoms with E-state index < -0.39 is 23.5 Å². The SMILES string of the molecule is COc1cccc(NC(=O)[C@H](C)OC(=O)c2ccc(SC(F)(F)F)cc2)c1. The summed E-state index contributed by atoms with van der Waals surface area (Å²) in [6, 6.07) is 11.4. The lowest BCUT2D eigenvalue weighted by molar-refractivity contribution is -0.123. The molecule has 2 rings (SSSR count). The van der Waals surface area contributed by atoms with Gasteiger partial charge < -0.3 is 14.8 Å². The van der Waals surface area contributed by atoms with E-state index in [1.807, 2.05) is 0 Å². The molecule has 0 heterocycles. The van der Waals surface area contributed by atoms with Crippen molar-refractivity contribution >= 4 is 29.3 Å². The van der Waals surface area contributed by atoms with Gasteiger partial charge in [-0.3, -0.25) is 4.79 Å². The summed E-state index contributed by atoms with van der Waals surface area (Å²) in [4.78, 5) is 24.1. The number of anilines is 1. The van der Waals surface area contributed by atoms with E-state index in [1.165, 1.54) is 26.2 Å². The molecule has 0 aliphatic heterocycles. The average Bonchev–Trinajstić information content (AvgIpc) is 2.61. The molecule has 0 aliphatic carbocycles. The van der Waals surface area contributed by atoms with E-state index in [9.17, 15) is 22.8 Å². The Morgan fingerprint density at radius 3 is 2.37 bits per heavy atom. The number of benzene rings is 2. The third kappa shape index (κ3) is 6.52. The smallest absolute Gasteiger partial charge is 0.446 e. The number of ether oxygens (including phenoxy) is 2. The van der Waals surface area contributed by atoms with Crippen molar-refractivity contribution in [3.05, 3.63) is 54.1 Å². The third-order valence-electron chi connectivity index (χ3n) is 3.31. The predicted octanol–water partition coefficient (Wildman–Crippen LogP) is 4.49. The fourth-order valence-corrected chi connectivity index (χ4v) is 2.56. The van der Waals surface area contributed by atoms with Crippen molar-refractivity contribution in [1.82, 2.24) is 0 Å². The summed E-state index contributed by atoms with van der Waals surface area (Å²) in [6.07, 6.45) is -1.10. The second-order valence-electron chi connectivity index (χ2n) is 5.34. The highest BCUT2D eigenvalue weighted by molar-refractivity contribution is 8.00. The van der Waals surface area contributed by atoms with Gasteiger partial charge in [0.25, 0.3) is 5.91 Å². The highest BCUT2D eigenvalue weighted by Gasteiger charge is 2.29. The lowest BCUT2D eigenvalue weighted by atomic mass is 10.2. The molecule has 1 amide bonds. The minimum absolute atomic E-state index is 0.0440. The predicted molar refractivity (Wildman–Crippen MR) is 94.9 cm³/mol. The number of halogens is 3. The van der Waals surface area contributed by atoms with Crippen molar-refractivity contribution in [1.29, 1.82) is 0 Å². The minimum atomic E-state index is -4.41. The molecule has 2 aromatic carbocycles. The number of hydrogen-bond donors (Lipinski definition) is 1. The van der Waals surface area contributed by atoms with Gasteiger partial charge in [0.1, 0.15) is 5.75 Å². The Bertz CT molecular complexity index is 809. The Morgan fingerprint density at radius 2 is 1.78 bits per heavy atom. The van der Waals surface area contributed by atoms with Gasteiger partial charge in [0.2, 0.25) is 0 Å². The van der Waals surface area contributed by atoms with Crippen LogP contribution in [-0.4, -0.2) is 30.6 Å². The zero-order chi connectivity index (χ0) is 20.0. The molecule has 27 heavy (non-hydrogen) atoms. The molecule has 9 heteroatoms. The zero-order valence-electron chi connectivity index (χ0n) is 14.4. The first-order valence-electron chi connectivity index (χ1n) is 7.69. The molecule has 1 N–H and O–H groups in total. The first-order valence-corrected chi connectivity index (χ1v) is 8.51. The number of amides is 1. The van der Waals surface area contributed by atoms with Crippen LogP contribution < -0.4 is 10.1 Å². The van der Waals surface area contributed by atoms with Gasteiger partial charge in [-0.15, -0.1) is 0 Å². The van der Waals surface area contributed by atoms with E-state index in [0.717, 1.165) is 12.1 Å². The van der Waals surface area contributed by atoms with Gasteiger partial charge in [0, 0.05) is 16.6 Å². The van der Waals surface area contributed by atoms with Crippen molar-refractivity contribution in [3.8, 4) is 5.75 Å². The molecule has 2 aromatic rings. The number of alkyl halides is 3. The number of methoxy groups -OCH3 is 1. The van der Waals surface area contributed by atoms with E-state index >= 15 is 0 Å². The number of rotatable bonds is 6. The van der Waals surface area contributed by atoms with Crippen molar-refractivity contribution in [3.63, 3.8) is 0 Å². The lowest BCUT2D eigenvalue weighted by Crippen LogP contribution is -2.30. The molecule has 0 spiro atoms. The van der Waals surface area contributed by atoms with Crippen LogP contribution in [0, 0.1) is 0 Å². The third-order valence-corrected chi connectivity index (χ3v) is 4.05. The summed E-state index contributed by atoms with van der Waals surface area (Å²) in [6.45, 7) is 1.39. The second-order valence-corrected chi connectivity index (χ2v) is 6.48. The summed E-state index contributed by atoms with van der Waals surface area (Å²) in [5, 5.41) is 2.58. The first kappa shape index (κ1) is 20.6. The number of hydrogen-bond acceptors (Lipinski definition) is 5. The summed E-state index contributed by atoms with van der Waals surface area (Å²) >= 11 is -0.282. The Labute approximate surface area is 157 Å². The topological polar surface area (TPSA) is 64.6 Å². The maximum Gasteiger partial charge on any atom is 0.446 e. The Balaban J connectivity index is 1.94. The van der Waals surface area contributed by atoms with Crippen molar-refractivity contribution < 1.29 is 32.2 Å². The average molecular weight is 399 g/mol. The van der Waals surface area contributed by atoms with Crippen molar-refractivity contribution in [2.75, 3.05) is 12.4 Å². The van der Waals surface area contributed by atoms with E-state index in [0.29, 0.717) is 11.4 Å². The quantitative estimate of drug-likeness (QED) is 0.573. The van der Waals surface area contributed by atoms with Crippen molar-refractivity contribution in [2.45, 2.75) is 23.4 Å². The molecular weight excluding hydrogens is 383 g/mol. The molecular formula is C18H16F3NO4S. The highest BCUT2D eigenvalue weighted by Crippen LogP contribution is 2.36. The molecule has 1 atom stereocenters. The van der Waals surface area contributed by atoms with Gasteiger partial charge in [0.05, 0.1) is 12.7 Å². The van der Waals surface area contributed by atoms with Gasteiger partial charge in [-0.2, -0.15) is 13.2 Å². The van der Waals surface area contributed by atoms with Crippen molar-refractivity contribution in [2.24, 2.45) is 0 Å². The molecule has 0 radical (unpaired) electrons. The lowest BCUT2D eigenvalue weighted by Gasteiger charge is -2.14. The summed E-state index contributed by atoms with van der Waals surface area (Å²) < 4.78 is 47.0. The van der Waals surface area contributed by atoms with E-state index in [4.69, 9.17) is 9.47 Å². The molecule has 0 bridgehead atoms. The highest BCUT2D eigenvalue weighted by atomic mass is 32.2. The summed E-state index contributed by atoms with van der Waals surface area (Å²) in [5.74, 6) is -0.818. The normalized spacial score (nSPS) is 12.2. The minimum Gasteiger partial charge on any atom is -0.497 e. The summed E-state index contributed by atoms with van der Waals surface area (Å²) in [5.41, 5.74) is -3.90. The standard InChI is InChI=1S/C18H16F3NO4S/c1-11(16(23)22-13-4-3-5-14(10-13)25-2)26-17(24)12-6-8-15(9-7-12)27-18(19,20)21/h3-11H,1-2H3,(H,22,23)/t11-/m0/s1. The van der Waals surface area contributed by atoms with Crippen LogP contribution in [0.2, 0.25) is 0 Å².